The number of methoxy groups -OCH3 is 1. The van der Waals surface area contributed by atoms with Gasteiger partial charge in [-0.05, 0) is 37.3 Å². The van der Waals surface area contributed by atoms with Crippen LogP contribution in [0.5, 0.6) is 0 Å². The predicted octanol–water partition coefficient (Wildman–Crippen LogP) is 4.90. The molecule has 0 aliphatic carbocycles. The van der Waals surface area contributed by atoms with E-state index in [1.165, 1.54) is 0 Å². The molecule has 0 aliphatic heterocycles. The van der Waals surface area contributed by atoms with Crippen LogP contribution in [-0.4, -0.2) is 39.0 Å². The summed E-state index contributed by atoms with van der Waals surface area (Å²) in [6.45, 7) is 2.60. The number of hydrogen-bond donors (Lipinski definition) is 0. The van der Waals surface area contributed by atoms with Gasteiger partial charge in [-0.1, -0.05) is 23.2 Å². The highest BCUT2D eigenvalue weighted by Crippen LogP contribution is 2.27. The molecule has 4 aromatic rings. The van der Waals surface area contributed by atoms with Gasteiger partial charge in [-0.15, -0.1) is 26.6 Å². The van der Waals surface area contributed by atoms with Gasteiger partial charge in [0.05, 0.1) is 12.2 Å². The molecule has 1 aromatic carbocycles. The highest BCUT2D eigenvalue weighted by molar-refractivity contribution is 7.09. The van der Waals surface area contributed by atoms with Crippen LogP contribution in [0.1, 0.15) is 23.7 Å². The molecular weight excluding hydrogens is 431 g/mol. The molecule has 0 fully saturated rings. The van der Waals surface area contributed by atoms with E-state index in [1.54, 1.807) is 41.2 Å². The van der Waals surface area contributed by atoms with Crippen molar-refractivity contribution in [2.45, 2.75) is 19.6 Å². The van der Waals surface area contributed by atoms with E-state index in [0.717, 1.165) is 22.1 Å². The zero-order valence-corrected chi connectivity index (χ0v) is 18.3. The smallest absolute Gasteiger partial charge is 0.185 e. The van der Waals surface area contributed by atoms with Crippen LogP contribution >= 0.6 is 34.5 Å². The molecule has 1 unspecified atom stereocenters. The Hall–Kier alpha value is -2.26. The Morgan fingerprint density at radius 2 is 1.93 bits per heavy atom. The summed E-state index contributed by atoms with van der Waals surface area (Å²) in [5.74, 6) is 1.34. The van der Waals surface area contributed by atoms with Crippen LogP contribution in [0, 0.1) is 0 Å². The SMILES string of the molecule is COC(C)c1nc(CN(C)c2ccc3nnc(-c4cc(Cl)cc(Cl)c4)n3n2)cs1. The Balaban J connectivity index is 1.63. The summed E-state index contributed by atoms with van der Waals surface area (Å²) in [5.41, 5.74) is 2.35. The first kappa shape index (κ1) is 20.0. The van der Waals surface area contributed by atoms with Crippen LogP contribution < -0.4 is 4.90 Å². The van der Waals surface area contributed by atoms with Gasteiger partial charge in [0, 0.05) is 35.1 Å². The molecule has 4 rings (SSSR count). The van der Waals surface area contributed by atoms with Gasteiger partial charge >= 0.3 is 0 Å². The number of ether oxygens (including phenoxy) is 1. The van der Waals surface area contributed by atoms with Crippen LogP contribution in [0.4, 0.5) is 5.82 Å². The molecule has 1 atom stereocenters. The Morgan fingerprint density at radius 3 is 2.66 bits per heavy atom. The van der Waals surface area contributed by atoms with Gasteiger partial charge in [-0.2, -0.15) is 4.52 Å². The van der Waals surface area contributed by atoms with Crippen molar-refractivity contribution in [3.63, 3.8) is 0 Å². The first-order valence-corrected chi connectivity index (χ1v) is 10.5. The first-order chi connectivity index (χ1) is 13.9. The largest absolute Gasteiger partial charge is 0.375 e. The number of aromatic nitrogens is 5. The molecule has 0 saturated heterocycles. The number of fused-ring (bicyclic) bond motifs is 1. The maximum atomic E-state index is 6.14. The van der Waals surface area contributed by atoms with Crippen molar-refractivity contribution in [3.8, 4) is 11.4 Å². The third-order valence-electron chi connectivity index (χ3n) is 4.43. The van der Waals surface area contributed by atoms with Crippen LogP contribution in [-0.2, 0) is 11.3 Å². The van der Waals surface area contributed by atoms with Gasteiger partial charge < -0.3 is 9.64 Å². The third-order valence-corrected chi connectivity index (χ3v) is 5.92. The molecule has 0 radical (unpaired) electrons. The molecule has 10 heteroatoms. The van der Waals surface area contributed by atoms with E-state index in [4.69, 9.17) is 33.0 Å². The Labute approximate surface area is 181 Å². The molecule has 150 valence electrons. The first-order valence-electron chi connectivity index (χ1n) is 8.82. The van der Waals surface area contributed by atoms with Gasteiger partial charge in [0.1, 0.15) is 16.9 Å². The molecule has 0 aliphatic rings. The highest BCUT2D eigenvalue weighted by Gasteiger charge is 2.15. The molecule has 7 nitrogen and oxygen atoms in total. The highest BCUT2D eigenvalue weighted by atomic mass is 35.5. The summed E-state index contributed by atoms with van der Waals surface area (Å²) in [4.78, 5) is 6.66. The van der Waals surface area contributed by atoms with E-state index in [2.05, 4.69) is 15.2 Å². The fraction of sp³-hybridized carbons (Fsp3) is 0.263. The summed E-state index contributed by atoms with van der Waals surface area (Å²) >= 11 is 13.9. The average Bonchev–Trinajstić information content (AvgIpc) is 3.33. The van der Waals surface area contributed by atoms with Gasteiger partial charge in [0.2, 0.25) is 0 Å². The zero-order valence-electron chi connectivity index (χ0n) is 16.0. The minimum atomic E-state index is -0.0161. The quantitative estimate of drug-likeness (QED) is 0.417. The minimum absolute atomic E-state index is 0.0161. The summed E-state index contributed by atoms with van der Waals surface area (Å²) in [6, 6.07) is 9.03. The van der Waals surface area contributed by atoms with E-state index in [0.29, 0.717) is 28.1 Å². The minimum Gasteiger partial charge on any atom is -0.375 e. The number of thiazole rings is 1. The number of hydrogen-bond acceptors (Lipinski definition) is 7. The standard InChI is InChI=1S/C19H18Cl2N6OS/c1-11(28-3)19-22-15(10-29-19)9-26(2)17-5-4-16-23-24-18(27(16)25-17)12-6-13(20)8-14(21)7-12/h4-8,10-11H,9H2,1-3H3. The number of nitrogens with zero attached hydrogens (tertiary/aromatic N) is 6. The van der Waals surface area contributed by atoms with Crippen molar-refractivity contribution in [2.24, 2.45) is 0 Å². The lowest BCUT2D eigenvalue weighted by atomic mass is 10.2. The lowest BCUT2D eigenvalue weighted by Crippen LogP contribution is -2.19. The third kappa shape index (κ3) is 4.20. The fourth-order valence-corrected chi connectivity index (χ4v) is 4.22. The fourth-order valence-electron chi connectivity index (χ4n) is 2.85. The van der Waals surface area contributed by atoms with Gasteiger partial charge in [-0.3, -0.25) is 0 Å². The van der Waals surface area contributed by atoms with Crippen LogP contribution in [0.3, 0.4) is 0 Å². The Morgan fingerprint density at radius 1 is 1.17 bits per heavy atom. The molecule has 0 amide bonds. The van der Waals surface area contributed by atoms with E-state index in [9.17, 15) is 0 Å². The summed E-state index contributed by atoms with van der Waals surface area (Å²) < 4.78 is 7.02. The Kier molecular flexibility index (Phi) is 5.69. The lowest BCUT2D eigenvalue weighted by molar-refractivity contribution is 0.119. The zero-order chi connectivity index (χ0) is 20.5. The summed E-state index contributed by atoms with van der Waals surface area (Å²) in [5, 5.41) is 17.2. The van der Waals surface area contributed by atoms with Gasteiger partial charge in [0.15, 0.2) is 11.5 Å². The van der Waals surface area contributed by atoms with Crippen LogP contribution in [0.25, 0.3) is 17.0 Å². The van der Waals surface area contributed by atoms with Crippen molar-refractivity contribution in [2.75, 3.05) is 19.1 Å². The number of anilines is 1. The second-order valence-corrected chi connectivity index (χ2v) is 8.32. The molecule has 3 aromatic heterocycles. The van der Waals surface area contributed by atoms with Crippen molar-refractivity contribution in [1.29, 1.82) is 0 Å². The van der Waals surface area contributed by atoms with Crippen molar-refractivity contribution in [1.82, 2.24) is 24.8 Å². The number of rotatable bonds is 6. The van der Waals surface area contributed by atoms with E-state index < -0.39 is 0 Å². The van der Waals surface area contributed by atoms with E-state index >= 15 is 0 Å². The van der Waals surface area contributed by atoms with Gasteiger partial charge in [0.25, 0.3) is 0 Å². The van der Waals surface area contributed by atoms with E-state index in [-0.39, 0.29) is 6.10 Å². The molecule has 29 heavy (non-hydrogen) atoms. The molecular formula is C19H18Cl2N6OS. The molecule has 0 spiro atoms. The topological polar surface area (TPSA) is 68.4 Å². The second-order valence-electron chi connectivity index (χ2n) is 6.55. The monoisotopic (exact) mass is 448 g/mol. The van der Waals surface area contributed by atoms with Crippen molar-refractivity contribution in [3.05, 3.63) is 56.5 Å². The van der Waals surface area contributed by atoms with Crippen LogP contribution in [0.15, 0.2) is 35.7 Å². The molecule has 0 saturated carbocycles. The van der Waals surface area contributed by atoms with Crippen molar-refractivity contribution >= 4 is 46.0 Å². The summed E-state index contributed by atoms with van der Waals surface area (Å²) in [6.07, 6.45) is -0.0161. The lowest BCUT2D eigenvalue weighted by Gasteiger charge is -2.17. The molecule has 3 heterocycles. The predicted molar refractivity (Wildman–Crippen MR) is 116 cm³/mol. The molecule has 0 N–H and O–H groups in total. The number of halogens is 2. The summed E-state index contributed by atoms with van der Waals surface area (Å²) in [7, 11) is 3.65. The Bertz CT molecular complexity index is 1140. The maximum absolute atomic E-state index is 6.14. The number of benzene rings is 1. The maximum Gasteiger partial charge on any atom is 0.185 e. The normalized spacial score (nSPS) is 12.4. The van der Waals surface area contributed by atoms with E-state index in [1.807, 2.05) is 36.4 Å². The van der Waals surface area contributed by atoms with Crippen LogP contribution in [0.2, 0.25) is 10.0 Å². The second kappa shape index (κ2) is 8.23. The van der Waals surface area contributed by atoms with Gasteiger partial charge in [-0.25, -0.2) is 4.98 Å². The average molecular weight is 449 g/mol. The van der Waals surface area contributed by atoms with Crippen molar-refractivity contribution < 1.29 is 4.74 Å². The molecule has 0 bridgehead atoms.